The zero-order chi connectivity index (χ0) is 35.3. The maximum Gasteiger partial charge on any atom is 0.414 e. The largest absolute Gasteiger partial charge is 0.490 e. The van der Waals surface area contributed by atoms with Crippen LogP contribution in [0.15, 0.2) is 71.2 Å². The molecule has 3 amide bonds. The highest BCUT2D eigenvalue weighted by molar-refractivity contribution is 6.39. The lowest BCUT2D eigenvalue weighted by molar-refractivity contribution is -0.115. The van der Waals surface area contributed by atoms with Gasteiger partial charge in [0.15, 0.2) is 0 Å². The smallest absolute Gasteiger partial charge is 0.414 e. The van der Waals surface area contributed by atoms with E-state index in [4.69, 9.17) is 37.2 Å². The van der Waals surface area contributed by atoms with Crippen LogP contribution in [0.1, 0.15) is 55.3 Å². The van der Waals surface area contributed by atoms with Gasteiger partial charge in [0.2, 0.25) is 11.9 Å². The molecule has 0 saturated carbocycles. The van der Waals surface area contributed by atoms with Gasteiger partial charge in [0.05, 0.1) is 28.8 Å². The Labute approximate surface area is 289 Å². The number of amides is 3. The summed E-state index contributed by atoms with van der Waals surface area (Å²) >= 11 is 12.9. The number of aryl methyl sites for hydroxylation is 1. The molecule has 0 bridgehead atoms. The van der Waals surface area contributed by atoms with Gasteiger partial charge in [-0.3, -0.25) is 20.2 Å². The summed E-state index contributed by atoms with van der Waals surface area (Å²) < 4.78 is 16.2. The highest BCUT2D eigenvalue weighted by atomic mass is 35.5. The highest BCUT2D eigenvalue weighted by Crippen LogP contribution is 2.32. The van der Waals surface area contributed by atoms with Crippen LogP contribution in [-0.2, 0) is 16.1 Å². The van der Waals surface area contributed by atoms with Gasteiger partial charge in [0, 0.05) is 5.56 Å². The van der Waals surface area contributed by atoms with Crippen LogP contribution in [0, 0.1) is 6.92 Å². The number of ether oxygens (including phenoxy) is 2. The molecule has 4 N–H and O–H groups in total. The third-order valence-corrected chi connectivity index (χ3v) is 6.87. The maximum absolute atomic E-state index is 13.6. The second-order valence-electron chi connectivity index (χ2n) is 11.4. The average molecular weight is 700 g/mol. The van der Waals surface area contributed by atoms with E-state index in [0.29, 0.717) is 30.0 Å². The molecule has 0 aliphatic carbocycles. The molecule has 0 atom stereocenters. The quantitative estimate of drug-likeness (QED) is 0.0618. The molecule has 0 radical (unpaired) electrons. The summed E-state index contributed by atoms with van der Waals surface area (Å²) in [5.41, 5.74) is 0.974. The molecule has 1 aromatic heterocycles. The lowest BCUT2D eigenvalue weighted by Crippen LogP contribution is -2.46. The van der Waals surface area contributed by atoms with Gasteiger partial charge < -0.3 is 24.6 Å². The van der Waals surface area contributed by atoms with Gasteiger partial charge in [-0.25, -0.2) is 9.79 Å². The van der Waals surface area contributed by atoms with E-state index < -0.39 is 17.6 Å². The molecular weight excluding hydrogens is 659 g/mol. The van der Waals surface area contributed by atoms with Crippen molar-refractivity contribution in [2.24, 2.45) is 4.99 Å². The number of unbranched alkanes of at least 4 members (excludes halogenated alkanes) is 1. The van der Waals surface area contributed by atoms with Gasteiger partial charge in [0.1, 0.15) is 35.0 Å². The normalized spacial score (nSPS) is 11.4. The fourth-order valence-electron chi connectivity index (χ4n) is 4.15. The molecule has 1 heterocycles. The van der Waals surface area contributed by atoms with E-state index in [1.165, 1.54) is 0 Å². The van der Waals surface area contributed by atoms with E-state index in [2.05, 4.69) is 44.6 Å². The number of alkyl carbamates (subject to hydrolysis) is 1. The van der Waals surface area contributed by atoms with Crippen molar-refractivity contribution in [2.45, 2.75) is 52.7 Å². The van der Waals surface area contributed by atoms with Crippen LogP contribution in [0.4, 0.5) is 10.5 Å². The Morgan fingerprint density at radius 1 is 1.04 bits per heavy atom. The number of carbonyl (C=O) groups is 3. The Bertz CT molecular complexity index is 1620. The van der Waals surface area contributed by atoms with Crippen molar-refractivity contribution in [3.05, 3.63) is 88.6 Å². The Balaban J connectivity index is 1.81. The Morgan fingerprint density at radius 3 is 2.35 bits per heavy atom. The van der Waals surface area contributed by atoms with Crippen molar-refractivity contribution in [3.8, 4) is 17.0 Å². The fraction of sp³-hybridized carbons (Fsp3) is 0.324. The summed E-state index contributed by atoms with van der Waals surface area (Å²) in [6.45, 7) is 15.0. The van der Waals surface area contributed by atoms with Gasteiger partial charge in [-0.05, 0) is 89.0 Å². The number of guanidine groups is 1. The lowest BCUT2D eigenvalue weighted by Gasteiger charge is -2.20. The van der Waals surface area contributed by atoms with Crippen molar-refractivity contribution < 1.29 is 28.4 Å². The van der Waals surface area contributed by atoms with Gasteiger partial charge >= 0.3 is 6.09 Å². The predicted molar refractivity (Wildman–Crippen MR) is 188 cm³/mol. The van der Waals surface area contributed by atoms with Crippen molar-refractivity contribution >= 4 is 52.8 Å². The molecular formula is C34H40Cl2N6O6. The standard InChI is InChI=1S/C34H40Cl2N6O6/c1-7-9-10-15-37-20-27(43)39-30-25(35)17-22(18-26(30)36)19-38-32(41-33(45)47-34(4,5)6)40-31(44)28-21(3)48-42-29(28)23-11-13-24(14-12-23)46-16-8-2/h7-8,11-14,17-18,37H,1-2,9-10,15-16,19-20H2,3-6H3,(H,39,43)(H2,38,40,41,44,45). The van der Waals surface area contributed by atoms with E-state index in [-0.39, 0.29) is 57.7 Å². The minimum Gasteiger partial charge on any atom is -0.490 e. The zero-order valence-corrected chi connectivity index (χ0v) is 28.9. The summed E-state index contributed by atoms with van der Waals surface area (Å²) in [6, 6.07) is 10.1. The minimum atomic E-state index is -0.842. The Hall–Kier alpha value is -4.65. The second-order valence-corrected chi connectivity index (χ2v) is 12.2. The molecule has 0 saturated heterocycles. The van der Waals surface area contributed by atoms with Gasteiger partial charge in [-0.15, -0.1) is 6.58 Å². The molecule has 0 aliphatic heterocycles. The van der Waals surface area contributed by atoms with E-state index in [1.807, 2.05) is 6.08 Å². The van der Waals surface area contributed by atoms with Crippen LogP contribution in [0.25, 0.3) is 11.3 Å². The first-order valence-electron chi connectivity index (χ1n) is 15.1. The third kappa shape index (κ3) is 11.9. The van der Waals surface area contributed by atoms with E-state index >= 15 is 0 Å². The minimum absolute atomic E-state index is 0.0639. The molecule has 14 heteroatoms. The van der Waals surface area contributed by atoms with Gasteiger partial charge in [-0.1, -0.05) is 47.1 Å². The number of benzene rings is 2. The number of nitrogens with zero attached hydrogens (tertiary/aromatic N) is 2. The summed E-state index contributed by atoms with van der Waals surface area (Å²) in [5.74, 6) is -0.299. The lowest BCUT2D eigenvalue weighted by atomic mass is 10.1. The van der Waals surface area contributed by atoms with Gasteiger partial charge in [-0.2, -0.15) is 0 Å². The monoisotopic (exact) mass is 698 g/mol. The highest BCUT2D eigenvalue weighted by Gasteiger charge is 2.25. The predicted octanol–water partition coefficient (Wildman–Crippen LogP) is 6.83. The number of hydrogen-bond acceptors (Lipinski definition) is 9. The first-order chi connectivity index (χ1) is 22.8. The zero-order valence-electron chi connectivity index (χ0n) is 27.4. The molecule has 0 unspecified atom stereocenters. The van der Waals surface area contributed by atoms with Crippen LogP contribution >= 0.6 is 23.2 Å². The molecule has 0 fully saturated rings. The van der Waals surface area contributed by atoms with Crippen molar-refractivity contribution in [3.63, 3.8) is 0 Å². The molecule has 3 aromatic rings. The van der Waals surface area contributed by atoms with Crippen molar-refractivity contribution in [1.29, 1.82) is 0 Å². The van der Waals surface area contributed by atoms with Crippen LogP contribution in [0.3, 0.4) is 0 Å². The topological polar surface area (TPSA) is 156 Å². The number of anilines is 1. The summed E-state index contributed by atoms with van der Waals surface area (Å²) in [4.78, 5) is 43.1. The molecule has 3 rings (SSSR count). The van der Waals surface area contributed by atoms with E-state index in [0.717, 1.165) is 12.8 Å². The summed E-state index contributed by atoms with van der Waals surface area (Å²) in [5, 5.41) is 15.3. The summed E-state index contributed by atoms with van der Waals surface area (Å²) in [7, 11) is 0. The number of aromatic nitrogens is 1. The number of allylic oxidation sites excluding steroid dienone is 1. The van der Waals surface area contributed by atoms with Crippen molar-refractivity contribution in [1.82, 2.24) is 21.1 Å². The van der Waals surface area contributed by atoms with Crippen molar-refractivity contribution in [2.75, 3.05) is 25.0 Å². The maximum atomic E-state index is 13.6. The Kier molecular flexibility index (Phi) is 14.2. The fourth-order valence-corrected chi connectivity index (χ4v) is 4.77. The number of hydrogen-bond donors (Lipinski definition) is 4. The first-order valence-corrected chi connectivity index (χ1v) is 15.8. The van der Waals surface area contributed by atoms with Gasteiger partial charge in [0.25, 0.3) is 5.91 Å². The average Bonchev–Trinajstić information content (AvgIpc) is 3.41. The van der Waals surface area contributed by atoms with E-state index in [1.54, 1.807) is 70.2 Å². The molecule has 12 nitrogen and oxygen atoms in total. The van der Waals surface area contributed by atoms with Crippen LogP contribution in [-0.4, -0.2) is 54.3 Å². The molecule has 48 heavy (non-hydrogen) atoms. The molecule has 0 aliphatic rings. The third-order valence-electron chi connectivity index (χ3n) is 6.27. The number of carbonyl (C=O) groups excluding carboxylic acids is 3. The van der Waals surface area contributed by atoms with E-state index in [9.17, 15) is 14.4 Å². The van der Waals surface area contributed by atoms with Crippen LogP contribution < -0.4 is 26.0 Å². The number of halogens is 2. The van der Waals surface area contributed by atoms with Crippen LogP contribution in [0.5, 0.6) is 5.75 Å². The Morgan fingerprint density at radius 2 is 1.73 bits per heavy atom. The van der Waals surface area contributed by atoms with Crippen LogP contribution in [0.2, 0.25) is 10.0 Å². The summed E-state index contributed by atoms with van der Waals surface area (Å²) in [6.07, 6.45) is 4.31. The second kappa shape index (κ2) is 18.0. The molecule has 0 spiro atoms. The molecule has 256 valence electrons. The number of aliphatic imine (C=N–C) groups is 1. The SMILES string of the molecule is C=CCCCNCC(=O)Nc1c(Cl)cc(CN=C(NC(=O)OC(C)(C)C)NC(=O)c2c(-c3ccc(OCC=C)cc3)noc2C)cc1Cl. The molecule has 2 aromatic carbocycles. The number of rotatable bonds is 14. The number of nitrogens with one attached hydrogen (secondary N) is 4. The first kappa shape index (κ1) is 37.8.